The maximum Gasteiger partial charge on any atom is 0.282 e. The van der Waals surface area contributed by atoms with Crippen molar-refractivity contribution in [2.24, 2.45) is 0 Å². The highest BCUT2D eigenvalue weighted by molar-refractivity contribution is 7.89. The summed E-state index contributed by atoms with van der Waals surface area (Å²) in [5.41, 5.74) is 0. The molecule has 28 heavy (non-hydrogen) atoms. The lowest BCUT2D eigenvalue weighted by Gasteiger charge is -2.39. The number of rotatable bonds is 4. The van der Waals surface area contributed by atoms with Crippen LogP contribution in [0.15, 0.2) is 23.1 Å². The first-order chi connectivity index (χ1) is 13.0. The van der Waals surface area contributed by atoms with E-state index in [-0.39, 0.29) is 56.5 Å². The zero-order chi connectivity index (χ0) is 20.7. The molecule has 2 aliphatic heterocycles. The number of sulfonamides is 1. The molecular weight excluding hydrogens is 433 g/mol. The zero-order valence-electron chi connectivity index (χ0n) is 15.6. The van der Waals surface area contributed by atoms with Crippen LogP contribution in [0.3, 0.4) is 0 Å². The molecule has 1 aromatic carbocycles. The first-order valence-corrected chi connectivity index (χ1v) is 12.1. The predicted octanol–water partition coefficient (Wildman–Crippen LogP) is 1.14. The lowest BCUT2D eigenvalue weighted by atomic mass is 10.3. The third-order valence-electron chi connectivity index (χ3n) is 4.75. The fourth-order valence-electron chi connectivity index (χ4n) is 3.45. The largest absolute Gasteiger partial charge is 0.373 e. The first kappa shape index (κ1) is 21.9. The fraction of sp³-hybridized carbons (Fsp3) is 0.625. The minimum atomic E-state index is -4.08. The normalized spacial score (nSPS) is 26.4. The highest BCUT2D eigenvalue weighted by atomic mass is 35.5. The summed E-state index contributed by atoms with van der Waals surface area (Å²) in [6.45, 7) is 4.00. The van der Waals surface area contributed by atoms with Crippen LogP contribution in [0.4, 0.5) is 4.39 Å². The molecule has 0 amide bonds. The summed E-state index contributed by atoms with van der Waals surface area (Å²) in [6.07, 6.45) is -0.429. The average molecular weight is 456 g/mol. The van der Waals surface area contributed by atoms with Gasteiger partial charge in [0.25, 0.3) is 10.2 Å². The van der Waals surface area contributed by atoms with E-state index >= 15 is 0 Å². The van der Waals surface area contributed by atoms with Crippen molar-refractivity contribution >= 4 is 31.8 Å². The van der Waals surface area contributed by atoms with Crippen LogP contribution in [0.25, 0.3) is 0 Å². The number of morpholine rings is 1. The number of hydrogen-bond acceptors (Lipinski definition) is 5. The summed E-state index contributed by atoms with van der Waals surface area (Å²) in [5.74, 6) is -0.932. The highest BCUT2D eigenvalue weighted by Gasteiger charge is 2.39. The lowest BCUT2D eigenvalue weighted by molar-refractivity contribution is -0.0456. The second kappa shape index (κ2) is 8.13. The Hall–Kier alpha value is -0.820. The van der Waals surface area contributed by atoms with E-state index in [1.807, 2.05) is 13.8 Å². The van der Waals surface area contributed by atoms with Crippen molar-refractivity contribution in [3.05, 3.63) is 29.0 Å². The van der Waals surface area contributed by atoms with Gasteiger partial charge in [0.1, 0.15) is 10.7 Å². The number of halogens is 2. The van der Waals surface area contributed by atoms with Crippen molar-refractivity contribution in [2.45, 2.75) is 31.0 Å². The molecule has 0 radical (unpaired) electrons. The monoisotopic (exact) mass is 455 g/mol. The van der Waals surface area contributed by atoms with Gasteiger partial charge in [-0.05, 0) is 32.0 Å². The molecule has 158 valence electrons. The number of hydrogen-bond donors (Lipinski definition) is 0. The molecule has 0 aliphatic carbocycles. The van der Waals surface area contributed by atoms with Gasteiger partial charge < -0.3 is 4.74 Å². The number of piperazine rings is 1. The van der Waals surface area contributed by atoms with E-state index in [1.54, 1.807) is 0 Å². The highest BCUT2D eigenvalue weighted by Crippen LogP contribution is 2.25. The summed E-state index contributed by atoms with van der Waals surface area (Å²) in [7, 11) is -7.80. The van der Waals surface area contributed by atoms with Crippen molar-refractivity contribution in [3.8, 4) is 0 Å². The number of nitrogens with zero attached hydrogens (tertiary/aromatic N) is 3. The molecule has 0 aromatic heterocycles. The number of benzene rings is 1. The average Bonchev–Trinajstić information content (AvgIpc) is 2.60. The Morgan fingerprint density at radius 1 is 0.964 bits per heavy atom. The first-order valence-electron chi connectivity index (χ1n) is 8.87. The maximum absolute atomic E-state index is 14.1. The van der Waals surface area contributed by atoms with Gasteiger partial charge in [0.15, 0.2) is 0 Å². The van der Waals surface area contributed by atoms with Gasteiger partial charge in [0.05, 0.1) is 12.2 Å². The lowest BCUT2D eigenvalue weighted by Crippen LogP contribution is -2.57. The Bertz CT molecular complexity index is 926. The molecule has 0 bridgehead atoms. The Morgan fingerprint density at radius 2 is 1.50 bits per heavy atom. The topological polar surface area (TPSA) is 87.2 Å². The van der Waals surface area contributed by atoms with Crippen molar-refractivity contribution in [2.75, 3.05) is 39.3 Å². The summed E-state index contributed by atoms with van der Waals surface area (Å²) >= 11 is 5.68. The Balaban J connectivity index is 1.71. The van der Waals surface area contributed by atoms with Gasteiger partial charge in [-0.1, -0.05) is 11.6 Å². The molecule has 0 spiro atoms. The van der Waals surface area contributed by atoms with Crippen molar-refractivity contribution in [3.63, 3.8) is 0 Å². The van der Waals surface area contributed by atoms with Gasteiger partial charge in [-0.3, -0.25) is 0 Å². The van der Waals surface area contributed by atoms with E-state index in [9.17, 15) is 21.2 Å². The molecular formula is C16H23ClFN3O5S2. The van der Waals surface area contributed by atoms with Crippen molar-refractivity contribution < 1.29 is 26.0 Å². The van der Waals surface area contributed by atoms with Gasteiger partial charge in [0, 0.05) is 44.3 Å². The third-order valence-corrected chi connectivity index (χ3v) is 8.88. The van der Waals surface area contributed by atoms with Gasteiger partial charge >= 0.3 is 0 Å². The van der Waals surface area contributed by atoms with Crippen LogP contribution in [-0.4, -0.2) is 81.2 Å². The summed E-state index contributed by atoms with van der Waals surface area (Å²) in [6, 6.07) is 3.36. The van der Waals surface area contributed by atoms with E-state index in [4.69, 9.17) is 16.3 Å². The van der Waals surface area contributed by atoms with E-state index in [2.05, 4.69) is 0 Å². The quantitative estimate of drug-likeness (QED) is 0.679. The minimum Gasteiger partial charge on any atom is -0.373 e. The molecule has 2 saturated heterocycles. The molecule has 2 heterocycles. The van der Waals surface area contributed by atoms with Crippen LogP contribution < -0.4 is 0 Å². The van der Waals surface area contributed by atoms with Gasteiger partial charge in [-0.2, -0.15) is 21.3 Å². The van der Waals surface area contributed by atoms with Crippen LogP contribution in [-0.2, 0) is 25.0 Å². The molecule has 0 saturated carbocycles. The summed E-state index contributed by atoms with van der Waals surface area (Å²) < 4.78 is 74.6. The summed E-state index contributed by atoms with van der Waals surface area (Å²) in [4.78, 5) is -0.468. The second-order valence-electron chi connectivity index (χ2n) is 6.96. The Labute approximate surface area is 170 Å². The molecule has 12 heteroatoms. The van der Waals surface area contributed by atoms with Crippen LogP contribution >= 0.6 is 11.6 Å². The van der Waals surface area contributed by atoms with E-state index in [0.717, 1.165) is 16.4 Å². The SMILES string of the molecule is CC1CN(S(=O)(=O)N2CCN(S(=O)(=O)c3ccc(Cl)cc3F)CC2)CC(C)O1. The molecule has 0 N–H and O–H groups in total. The van der Waals surface area contributed by atoms with Crippen LogP contribution in [0.1, 0.15) is 13.8 Å². The zero-order valence-corrected chi connectivity index (χ0v) is 18.0. The third kappa shape index (κ3) is 4.35. The predicted molar refractivity (Wildman–Crippen MR) is 102 cm³/mol. The number of ether oxygens (including phenoxy) is 1. The van der Waals surface area contributed by atoms with Gasteiger partial charge in [0.2, 0.25) is 10.0 Å². The van der Waals surface area contributed by atoms with Crippen molar-refractivity contribution in [1.29, 1.82) is 0 Å². The maximum atomic E-state index is 14.1. The molecule has 2 fully saturated rings. The van der Waals surface area contributed by atoms with Crippen LogP contribution in [0, 0.1) is 5.82 Å². The van der Waals surface area contributed by atoms with Gasteiger partial charge in [-0.25, -0.2) is 12.8 Å². The Morgan fingerprint density at radius 3 is 2.04 bits per heavy atom. The van der Waals surface area contributed by atoms with Crippen LogP contribution in [0.2, 0.25) is 5.02 Å². The molecule has 8 nitrogen and oxygen atoms in total. The molecule has 1 aromatic rings. The van der Waals surface area contributed by atoms with E-state index < -0.39 is 30.9 Å². The van der Waals surface area contributed by atoms with E-state index in [0.29, 0.717) is 0 Å². The smallest absolute Gasteiger partial charge is 0.282 e. The second-order valence-corrected chi connectivity index (χ2v) is 11.2. The molecule has 3 rings (SSSR count). The fourth-order valence-corrected chi connectivity index (χ4v) is 6.82. The standard InChI is InChI=1S/C16H23ClFN3O5S2/c1-12-10-21(11-13(2)26-12)28(24,25)20-7-5-19(6-8-20)27(22,23)16-4-3-14(17)9-15(16)18/h3-4,9,12-13H,5-8,10-11H2,1-2H3. The van der Waals surface area contributed by atoms with Crippen molar-refractivity contribution in [1.82, 2.24) is 12.9 Å². The van der Waals surface area contributed by atoms with Crippen LogP contribution in [0.5, 0.6) is 0 Å². The Kier molecular flexibility index (Phi) is 6.35. The minimum absolute atomic E-state index is 0.00308. The molecule has 2 aliphatic rings. The van der Waals surface area contributed by atoms with Gasteiger partial charge in [-0.15, -0.1) is 0 Å². The van der Waals surface area contributed by atoms with E-state index in [1.165, 1.54) is 14.7 Å². The molecule has 2 atom stereocenters. The summed E-state index contributed by atoms with van der Waals surface area (Å²) in [5, 5.41) is 0.0985. The molecule has 2 unspecified atom stereocenters.